The molecule has 0 aliphatic rings. The molecule has 0 saturated carbocycles. The Bertz CT molecular complexity index is 467. The minimum absolute atomic E-state index is 0.101. The number of rotatable bonds is 7. The van der Waals surface area contributed by atoms with Gasteiger partial charge in [-0.1, -0.05) is 13.8 Å². The molecule has 0 saturated heterocycles. The molecule has 0 aliphatic carbocycles. The van der Waals surface area contributed by atoms with E-state index in [1.165, 1.54) is 14.2 Å². The summed E-state index contributed by atoms with van der Waals surface area (Å²) in [5.41, 5.74) is -0.184. The van der Waals surface area contributed by atoms with Gasteiger partial charge in [0, 0.05) is 5.56 Å². The number of ether oxygens (including phenoxy) is 2. The van der Waals surface area contributed by atoms with Gasteiger partial charge in [0.25, 0.3) is 5.91 Å². The Balaban J connectivity index is 3.13. The van der Waals surface area contributed by atoms with Gasteiger partial charge in [0.2, 0.25) is 0 Å². The second-order valence-electron chi connectivity index (χ2n) is 4.79. The molecule has 1 amide bonds. The van der Waals surface area contributed by atoms with Crippen LogP contribution in [-0.4, -0.2) is 37.4 Å². The van der Waals surface area contributed by atoms with Crippen molar-refractivity contribution >= 4 is 21.8 Å². The molecule has 0 atom stereocenters. The van der Waals surface area contributed by atoms with Crippen molar-refractivity contribution in [3.05, 3.63) is 22.2 Å². The highest BCUT2D eigenvalue weighted by molar-refractivity contribution is 9.10. The number of methoxy groups -OCH3 is 2. The minimum Gasteiger partial charge on any atom is -0.495 e. The summed E-state index contributed by atoms with van der Waals surface area (Å²) in [7, 11) is 3.05. The molecule has 1 aromatic carbocycles. The number of nitrogens with one attached hydrogen (secondary N) is 1. The fourth-order valence-electron chi connectivity index (χ4n) is 2.00. The van der Waals surface area contributed by atoms with Gasteiger partial charge in [-0.15, -0.1) is 0 Å². The van der Waals surface area contributed by atoms with E-state index >= 15 is 0 Å². The highest BCUT2D eigenvalue weighted by Gasteiger charge is 2.28. The third-order valence-corrected chi connectivity index (χ3v) is 4.52. The number of carbonyl (C=O) groups excluding carboxylic acids is 1. The predicted octanol–water partition coefficient (Wildman–Crippen LogP) is 2.75. The number of aliphatic hydroxyl groups is 1. The van der Waals surface area contributed by atoms with E-state index in [-0.39, 0.29) is 12.5 Å². The van der Waals surface area contributed by atoms with Gasteiger partial charge >= 0.3 is 0 Å². The van der Waals surface area contributed by atoms with Crippen molar-refractivity contribution in [1.29, 1.82) is 0 Å². The lowest BCUT2D eigenvalue weighted by Crippen LogP contribution is -2.50. The molecule has 0 fully saturated rings. The van der Waals surface area contributed by atoms with Crippen LogP contribution in [-0.2, 0) is 0 Å². The van der Waals surface area contributed by atoms with E-state index < -0.39 is 5.54 Å². The smallest absolute Gasteiger partial charge is 0.252 e. The summed E-state index contributed by atoms with van der Waals surface area (Å²) < 4.78 is 11.1. The molecule has 1 rings (SSSR count). The molecular formula is C15H22BrNO4. The highest BCUT2D eigenvalue weighted by atomic mass is 79.9. The molecule has 0 aromatic heterocycles. The molecule has 1 aromatic rings. The first-order chi connectivity index (χ1) is 9.96. The number of aliphatic hydroxyl groups excluding tert-OH is 1. The number of hydrogen-bond acceptors (Lipinski definition) is 4. The van der Waals surface area contributed by atoms with Gasteiger partial charge < -0.3 is 19.9 Å². The molecule has 2 N–H and O–H groups in total. The summed E-state index contributed by atoms with van der Waals surface area (Å²) in [5.74, 6) is 0.765. The van der Waals surface area contributed by atoms with Crippen LogP contribution in [0.5, 0.6) is 11.5 Å². The fourth-order valence-corrected chi connectivity index (χ4v) is 2.56. The van der Waals surface area contributed by atoms with Crippen molar-refractivity contribution in [1.82, 2.24) is 5.32 Å². The number of halogens is 1. The third-order valence-electron chi connectivity index (χ3n) is 3.74. The zero-order chi connectivity index (χ0) is 16.0. The second kappa shape index (κ2) is 7.66. The Morgan fingerprint density at radius 1 is 1.24 bits per heavy atom. The van der Waals surface area contributed by atoms with Gasteiger partial charge in [0.15, 0.2) is 0 Å². The summed E-state index contributed by atoms with van der Waals surface area (Å²) >= 11 is 3.37. The Morgan fingerprint density at radius 3 is 2.05 bits per heavy atom. The number of hydrogen-bond donors (Lipinski definition) is 2. The minimum atomic E-state index is -0.607. The van der Waals surface area contributed by atoms with Crippen LogP contribution in [0.15, 0.2) is 16.6 Å². The predicted molar refractivity (Wildman–Crippen MR) is 85.1 cm³/mol. The lowest BCUT2D eigenvalue weighted by atomic mass is 9.93. The molecular weight excluding hydrogens is 338 g/mol. The average Bonchev–Trinajstić information content (AvgIpc) is 2.52. The zero-order valence-electron chi connectivity index (χ0n) is 12.8. The van der Waals surface area contributed by atoms with Crippen LogP contribution in [0.3, 0.4) is 0 Å². The van der Waals surface area contributed by atoms with Crippen LogP contribution in [0.2, 0.25) is 0 Å². The van der Waals surface area contributed by atoms with E-state index in [2.05, 4.69) is 21.2 Å². The first-order valence-corrected chi connectivity index (χ1v) is 7.61. The van der Waals surface area contributed by atoms with Crippen molar-refractivity contribution in [3.8, 4) is 11.5 Å². The van der Waals surface area contributed by atoms with E-state index in [1.54, 1.807) is 12.1 Å². The summed E-state index contributed by atoms with van der Waals surface area (Å²) in [4.78, 5) is 12.4. The maximum Gasteiger partial charge on any atom is 0.252 e. The van der Waals surface area contributed by atoms with Crippen molar-refractivity contribution in [2.24, 2.45) is 0 Å². The largest absolute Gasteiger partial charge is 0.495 e. The normalized spacial score (nSPS) is 11.1. The Hall–Kier alpha value is -1.27. The molecule has 0 unspecified atom stereocenters. The van der Waals surface area contributed by atoms with E-state index in [9.17, 15) is 9.90 Å². The lowest BCUT2D eigenvalue weighted by Gasteiger charge is -2.30. The maximum atomic E-state index is 12.4. The van der Waals surface area contributed by atoms with E-state index in [1.807, 2.05) is 13.8 Å². The monoisotopic (exact) mass is 359 g/mol. The third kappa shape index (κ3) is 3.89. The zero-order valence-corrected chi connectivity index (χ0v) is 14.4. The van der Waals surface area contributed by atoms with E-state index in [0.29, 0.717) is 34.4 Å². The maximum absolute atomic E-state index is 12.4. The quantitative estimate of drug-likeness (QED) is 0.785. The molecule has 0 spiro atoms. The lowest BCUT2D eigenvalue weighted by molar-refractivity contribution is 0.0817. The fraction of sp³-hybridized carbons (Fsp3) is 0.533. The SMILES string of the molecule is CCC(CC)(CO)NC(=O)c1cc(OC)c(Br)c(OC)c1. The van der Waals surface area contributed by atoms with Gasteiger partial charge in [0.1, 0.15) is 16.0 Å². The van der Waals surface area contributed by atoms with Gasteiger partial charge in [-0.2, -0.15) is 0 Å². The van der Waals surface area contributed by atoms with Crippen molar-refractivity contribution in [2.45, 2.75) is 32.2 Å². The van der Waals surface area contributed by atoms with Crippen LogP contribution in [0, 0.1) is 0 Å². The summed E-state index contributed by atoms with van der Waals surface area (Å²) in [5, 5.41) is 12.4. The van der Waals surface area contributed by atoms with E-state index in [0.717, 1.165) is 0 Å². The summed E-state index contributed by atoms with van der Waals surface area (Å²) in [6.07, 6.45) is 1.30. The van der Waals surface area contributed by atoms with Crippen molar-refractivity contribution in [2.75, 3.05) is 20.8 Å². The topological polar surface area (TPSA) is 67.8 Å². The highest BCUT2D eigenvalue weighted by Crippen LogP contribution is 2.35. The molecule has 118 valence electrons. The van der Waals surface area contributed by atoms with Crippen LogP contribution in [0.4, 0.5) is 0 Å². The van der Waals surface area contributed by atoms with Crippen molar-refractivity contribution < 1.29 is 19.4 Å². The number of carbonyl (C=O) groups is 1. The standard InChI is InChI=1S/C15H22BrNO4/c1-5-15(6-2,9-18)17-14(19)10-7-11(20-3)13(16)12(8-10)21-4/h7-8,18H,5-6,9H2,1-4H3,(H,17,19). The molecule has 5 nitrogen and oxygen atoms in total. The van der Waals surface area contributed by atoms with Crippen LogP contribution in [0.1, 0.15) is 37.0 Å². The van der Waals surface area contributed by atoms with Crippen LogP contribution < -0.4 is 14.8 Å². The van der Waals surface area contributed by atoms with Crippen LogP contribution >= 0.6 is 15.9 Å². The summed E-state index contributed by atoms with van der Waals surface area (Å²) in [6.45, 7) is 3.77. The Morgan fingerprint density at radius 2 is 1.71 bits per heavy atom. The van der Waals surface area contributed by atoms with Gasteiger partial charge in [-0.05, 0) is 40.9 Å². The molecule has 0 aliphatic heterocycles. The molecule has 21 heavy (non-hydrogen) atoms. The molecule has 0 bridgehead atoms. The van der Waals surface area contributed by atoms with Crippen molar-refractivity contribution in [3.63, 3.8) is 0 Å². The van der Waals surface area contributed by atoms with Gasteiger partial charge in [-0.25, -0.2) is 0 Å². The van der Waals surface area contributed by atoms with E-state index in [4.69, 9.17) is 9.47 Å². The second-order valence-corrected chi connectivity index (χ2v) is 5.59. The average molecular weight is 360 g/mol. The first-order valence-electron chi connectivity index (χ1n) is 6.81. The van der Waals surface area contributed by atoms with Gasteiger partial charge in [-0.3, -0.25) is 4.79 Å². The number of amides is 1. The van der Waals surface area contributed by atoms with Crippen LogP contribution in [0.25, 0.3) is 0 Å². The molecule has 0 heterocycles. The number of benzene rings is 1. The van der Waals surface area contributed by atoms with Gasteiger partial charge in [0.05, 0.1) is 26.4 Å². The Labute approximate surface area is 133 Å². The summed E-state index contributed by atoms with van der Waals surface area (Å²) in [6, 6.07) is 3.27. The Kier molecular flexibility index (Phi) is 6.48. The molecule has 0 radical (unpaired) electrons. The first kappa shape index (κ1) is 17.8. The molecule has 6 heteroatoms.